The molecule has 3 unspecified atom stereocenters. The molecule has 0 radical (unpaired) electrons. The molecule has 17 heavy (non-hydrogen) atoms. The molecule has 4 heteroatoms. The third-order valence-electron chi connectivity index (χ3n) is 4.79. The van der Waals surface area contributed by atoms with Gasteiger partial charge in [0.05, 0.1) is 6.67 Å². The van der Waals surface area contributed by atoms with E-state index in [4.69, 9.17) is 0 Å². The average Bonchev–Trinajstić information content (AvgIpc) is 2.81. The molecule has 0 spiro atoms. The van der Waals surface area contributed by atoms with Gasteiger partial charge >= 0.3 is 0 Å². The first-order valence-electron chi connectivity index (χ1n) is 6.48. The van der Waals surface area contributed by atoms with Crippen LogP contribution in [0.1, 0.15) is 4.88 Å². The third-order valence-corrected chi connectivity index (χ3v) is 5.88. The predicted octanol–water partition coefficient (Wildman–Crippen LogP) is 0.792. The molecular formula is C13H19N3S. The van der Waals surface area contributed by atoms with E-state index in [9.17, 15) is 0 Å². The fourth-order valence-electron chi connectivity index (χ4n) is 4.44. The zero-order chi connectivity index (χ0) is 11.5. The van der Waals surface area contributed by atoms with E-state index >= 15 is 0 Å². The molecule has 4 saturated heterocycles. The Labute approximate surface area is 106 Å². The van der Waals surface area contributed by atoms with Gasteiger partial charge in [-0.15, -0.1) is 11.3 Å². The quantitative estimate of drug-likeness (QED) is 0.836. The van der Waals surface area contributed by atoms with Crippen LogP contribution in [0.2, 0.25) is 0 Å². The van der Waals surface area contributed by atoms with Crippen LogP contribution < -0.4 is 5.32 Å². The Morgan fingerprint density at radius 3 is 2.71 bits per heavy atom. The van der Waals surface area contributed by atoms with Crippen LogP contribution in [0, 0.1) is 5.92 Å². The number of piperidine rings is 2. The van der Waals surface area contributed by atoms with Crippen LogP contribution in [0.3, 0.4) is 0 Å². The van der Waals surface area contributed by atoms with E-state index in [2.05, 4.69) is 39.7 Å². The highest BCUT2D eigenvalue weighted by Crippen LogP contribution is 2.45. The van der Waals surface area contributed by atoms with Crippen molar-refractivity contribution in [2.24, 2.45) is 5.92 Å². The summed E-state index contributed by atoms with van der Waals surface area (Å²) in [6, 6.07) is 5.20. The van der Waals surface area contributed by atoms with Crippen molar-refractivity contribution >= 4 is 11.3 Å². The number of likely N-dealkylation sites (N-methyl/N-ethyl adjacent to an activating group) is 1. The number of hydrogen-bond acceptors (Lipinski definition) is 4. The van der Waals surface area contributed by atoms with Crippen LogP contribution in [0.15, 0.2) is 17.5 Å². The molecule has 0 aromatic carbocycles. The van der Waals surface area contributed by atoms with Gasteiger partial charge in [-0.05, 0) is 18.5 Å². The van der Waals surface area contributed by atoms with Gasteiger partial charge < -0.3 is 5.32 Å². The number of nitrogens with one attached hydrogen (secondary N) is 1. The molecular weight excluding hydrogens is 230 g/mol. The van der Waals surface area contributed by atoms with Gasteiger partial charge in [0, 0.05) is 48.4 Å². The Morgan fingerprint density at radius 2 is 2.12 bits per heavy atom. The number of thiophene rings is 1. The molecule has 5 rings (SSSR count). The second-order valence-corrected chi connectivity index (χ2v) is 6.77. The second-order valence-electron chi connectivity index (χ2n) is 5.82. The normalized spacial score (nSPS) is 47.6. The van der Waals surface area contributed by atoms with E-state index < -0.39 is 0 Å². The molecule has 1 aromatic rings. The van der Waals surface area contributed by atoms with Crippen molar-refractivity contribution in [1.82, 2.24) is 15.1 Å². The molecule has 0 saturated carbocycles. The molecule has 1 aromatic heterocycles. The van der Waals surface area contributed by atoms with E-state index in [1.54, 1.807) is 4.88 Å². The molecule has 0 aliphatic carbocycles. The molecule has 3 atom stereocenters. The molecule has 4 fully saturated rings. The maximum Gasteiger partial charge on any atom is 0.0507 e. The van der Waals surface area contributed by atoms with E-state index in [-0.39, 0.29) is 0 Å². The van der Waals surface area contributed by atoms with Crippen molar-refractivity contribution in [2.45, 2.75) is 11.5 Å². The lowest BCUT2D eigenvalue weighted by Gasteiger charge is -2.63. The lowest BCUT2D eigenvalue weighted by atomic mass is 9.65. The minimum absolute atomic E-state index is 0.350. The van der Waals surface area contributed by atoms with Gasteiger partial charge in [-0.2, -0.15) is 0 Å². The highest BCUT2D eigenvalue weighted by atomic mass is 32.1. The second kappa shape index (κ2) is 3.54. The first-order valence-corrected chi connectivity index (χ1v) is 7.36. The monoisotopic (exact) mass is 249 g/mol. The number of hydrogen-bond donors (Lipinski definition) is 1. The largest absolute Gasteiger partial charge is 0.316 e. The number of nitrogens with zero attached hydrogens (tertiary/aromatic N) is 2. The molecule has 4 bridgehead atoms. The van der Waals surface area contributed by atoms with Crippen molar-refractivity contribution < 1.29 is 0 Å². The molecule has 0 amide bonds. The maximum absolute atomic E-state index is 3.63. The molecule has 3 nitrogen and oxygen atoms in total. The van der Waals surface area contributed by atoms with Gasteiger partial charge in [0.2, 0.25) is 0 Å². The Balaban J connectivity index is 1.81. The zero-order valence-corrected chi connectivity index (χ0v) is 11.0. The van der Waals surface area contributed by atoms with E-state index in [1.165, 1.54) is 32.8 Å². The Bertz CT molecular complexity index is 402. The van der Waals surface area contributed by atoms with Crippen molar-refractivity contribution in [1.29, 1.82) is 0 Å². The topological polar surface area (TPSA) is 18.5 Å². The SMILES string of the molecule is CNC1C2CN3CN(C2)CC1(c1cccs1)C3. The van der Waals surface area contributed by atoms with E-state index in [1.807, 2.05) is 11.3 Å². The van der Waals surface area contributed by atoms with Gasteiger partial charge in [0.1, 0.15) is 0 Å². The first kappa shape index (κ1) is 10.5. The molecule has 5 heterocycles. The summed E-state index contributed by atoms with van der Waals surface area (Å²) >= 11 is 1.94. The summed E-state index contributed by atoms with van der Waals surface area (Å²) in [7, 11) is 2.15. The summed E-state index contributed by atoms with van der Waals surface area (Å²) < 4.78 is 0. The summed E-state index contributed by atoms with van der Waals surface area (Å²) in [5, 5.41) is 5.86. The minimum Gasteiger partial charge on any atom is -0.316 e. The average molecular weight is 249 g/mol. The lowest BCUT2D eigenvalue weighted by Crippen LogP contribution is -2.77. The van der Waals surface area contributed by atoms with Crippen LogP contribution in [0.5, 0.6) is 0 Å². The molecule has 4 aliphatic rings. The van der Waals surface area contributed by atoms with Crippen LogP contribution in [-0.4, -0.2) is 55.7 Å². The van der Waals surface area contributed by atoms with Crippen LogP contribution in [-0.2, 0) is 5.41 Å². The number of rotatable bonds is 2. The molecule has 92 valence electrons. The summed E-state index contributed by atoms with van der Waals surface area (Å²) in [6.07, 6.45) is 0. The standard InChI is InChI=1S/C13H19N3S/c1-14-12-10-5-15-7-13(12,8-16(6-10)9-15)11-3-2-4-17-11/h2-4,10,12,14H,5-9H2,1H3. The van der Waals surface area contributed by atoms with Crippen LogP contribution in [0.4, 0.5) is 0 Å². The fraction of sp³-hybridized carbons (Fsp3) is 0.692. The first-order chi connectivity index (χ1) is 8.32. The predicted molar refractivity (Wildman–Crippen MR) is 70.3 cm³/mol. The van der Waals surface area contributed by atoms with Crippen molar-refractivity contribution in [3.8, 4) is 0 Å². The Morgan fingerprint density at radius 1 is 1.35 bits per heavy atom. The van der Waals surface area contributed by atoms with Gasteiger partial charge in [-0.25, -0.2) is 0 Å². The van der Waals surface area contributed by atoms with Gasteiger partial charge in [0.25, 0.3) is 0 Å². The van der Waals surface area contributed by atoms with Crippen LogP contribution >= 0.6 is 11.3 Å². The Hall–Kier alpha value is -0.420. The van der Waals surface area contributed by atoms with Crippen molar-refractivity contribution in [2.75, 3.05) is 39.9 Å². The van der Waals surface area contributed by atoms with E-state index in [0.29, 0.717) is 11.5 Å². The lowest BCUT2D eigenvalue weighted by molar-refractivity contribution is -0.105. The smallest absolute Gasteiger partial charge is 0.0507 e. The molecule has 4 aliphatic heterocycles. The van der Waals surface area contributed by atoms with Crippen molar-refractivity contribution in [3.63, 3.8) is 0 Å². The van der Waals surface area contributed by atoms with E-state index in [0.717, 1.165) is 5.92 Å². The summed E-state index contributed by atoms with van der Waals surface area (Å²) in [6.45, 7) is 6.25. The van der Waals surface area contributed by atoms with Gasteiger partial charge in [-0.3, -0.25) is 9.80 Å². The van der Waals surface area contributed by atoms with Gasteiger partial charge in [-0.1, -0.05) is 6.07 Å². The fourth-order valence-corrected chi connectivity index (χ4v) is 5.39. The van der Waals surface area contributed by atoms with Gasteiger partial charge in [0.15, 0.2) is 0 Å². The maximum atomic E-state index is 3.63. The van der Waals surface area contributed by atoms with Crippen molar-refractivity contribution in [3.05, 3.63) is 22.4 Å². The van der Waals surface area contributed by atoms with Crippen LogP contribution in [0.25, 0.3) is 0 Å². The molecule has 1 N–H and O–H groups in total. The minimum atomic E-state index is 0.350. The Kier molecular flexibility index (Phi) is 2.19. The summed E-state index contributed by atoms with van der Waals surface area (Å²) in [5.41, 5.74) is 0.350. The summed E-state index contributed by atoms with van der Waals surface area (Å²) in [5.74, 6) is 0.804. The third kappa shape index (κ3) is 1.32. The highest BCUT2D eigenvalue weighted by molar-refractivity contribution is 7.10. The zero-order valence-electron chi connectivity index (χ0n) is 10.2. The highest BCUT2D eigenvalue weighted by Gasteiger charge is 2.56. The summed E-state index contributed by atoms with van der Waals surface area (Å²) in [4.78, 5) is 6.87.